The molecular formula is C16H19ClO3. The van der Waals surface area contributed by atoms with Crippen LogP contribution in [0.1, 0.15) is 5.56 Å². The highest BCUT2D eigenvalue weighted by molar-refractivity contribution is 6.18. The zero-order valence-electron chi connectivity index (χ0n) is 11.4. The lowest BCUT2D eigenvalue weighted by Gasteiger charge is -1.92. The molecule has 0 saturated carbocycles. The summed E-state index contributed by atoms with van der Waals surface area (Å²) in [6.07, 6.45) is 0.400. The Balaban J connectivity index is 0.000000154. The molecule has 1 saturated heterocycles. The second-order valence-corrected chi connectivity index (χ2v) is 4.54. The Kier molecular flexibility index (Phi) is 7.55. The van der Waals surface area contributed by atoms with E-state index in [0.717, 1.165) is 12.2 Å². The van der Waals surface area contributed by atoms with E-state index in [2.05, 4.69) is 0 Å². The number of benzene rings is 2. The van der Waals surface area contributed by atoms with Crippen molar-refractivity contribution in [3.8, 4) is 11.5 Å². The van der Waals surface area contributed by atoms with Crippen LogP contribution in [-0.4, -0.2) is 28.8 Å². The zero-order chi connectivity index (χ0) is 14.8. The van der Waals surface area contributed by atoms with Crippen molar-refractivity contribution in [1.29, 1.82) is 0 Å². The fourth-order valence-electron chi connectivity index (χ4n) is 1.15. The van der Waals surface area contributed by atoms with Crippen LogP contribution < -0.4 is 0 Å². The third kappa shape index (κ3) is 7.67. The lowest BCUT2D eigenvalue weighted by molar-refractivity contribution is 0.425. The van der Waals surface area contributed by atoms with Gasteiger partial charge in [0.15, 0.2) is 0 Å². The molecule has 20 heavy (non-hydrogen) atoms. The number of rotatable bonds is 1. The molecule has 0 bridgehead atoms. The molecule has 0 aliphatic carbocycles. The summed E-state index contributed by atoms with van der Waals surface area (Å²) in [4.78, 5) is 0. The van der Waals surface area contributed by atoms with Crippen LogP contribution in [-0.2, 0) is 4.74 Å². The van der Waals surface area contributed by atoms with Crippen LogP contribution in [0.15, 0.2) is 54.6 Å². The Morgan fingerprint density at radius 3 is 1.85 bits per heavy atom. The molecule has 0 amide bonds. The number of ether oxygens (including phenoxy) is 1. The summed E-state index contributed by atoms with van der Waals surface area (Å²) in [5.41, 5.74) is 0.924. The lowest BCUT2D eigenvalue weighted by atomic mass is 10.2. The van der Waals surface area contributed by atoms with Crippen LogP contribution in [0.25, 0.3) is 0 Å². The Morgan fingerprint density at radius 2 is 1.60 bits per heavy atom. The third-order valence-electron chi connectivity index (χ3n) is 2.45. The molecular weight excluding hydrogens is 276 g/mol. The van der Waals surface area contributed by atoms with Crippen molar-refractivity contribution >= 4 is 11.6 Å². The Hall–Kier alpha value is -1.71. The lowest BCUT2D eigenvalue weighted by Crippen LogP contribution is -1.80. The quantitative estimate of drug-likeness (QED) is 0.622. The van der Waals surface area contributed by atoms with E-state index in [1.54, 1.807) is 30.3 Å². The topological polar surface area (TPSA) is 53.0 Å². The molecule has 2 N–H and O–H groups in total. The number of phenols is 2. The van der Waals surface area contributed by atoms with E-state index < -0.39 is 0 Å². The fraction of sp³-hybridized carbons (Fsp3) is 0.250. The molecule has 0 aromatic heterocycles. The van der Waals surface area contributed by atoms with Gasteiger partial charge in [-0.3, -0.25) is 0 Å². The maximum Gasteiger partial charge on any atom is 0.118 e. The molecule has 0 spiro atoms. The summed E-state index contributed by atoms with van der Waals surface area (Å²) in [6.45, 7) is 2.75. The van der Waals surface area contributed by atoms with Gasteiger partial charge in [-0.2, -0.15) is 0 Å². The molecule has 1 aliphatic rings. The maximum atomic E-state index is 8.92. The molecule has 1 atom stereocenters. The van der Waals surface area contributed by atoms with Crippen LogP contribution in [0.4, 0.5) is 0 Å². The van der Waals surface area contributed by atoms with E-state index in [1.165, 1.54) is 0 Å². The van der Waals surface area contributed by atoms with Crippen molar-refractivity contribution < 1.29 is 14.9 Å². The molecule has 3 rings (SSSR count). The van der Waals surface area contributed by atoms with E-state index in [1.807, 2.05) is 31.2 Å². The summed E-state index contributed by atoms with van der Waals surface area (Å²) >= 11 is 5.27. The fourth-order valence-corrected chi connectivity index (χ4v) is 1.33. The average Bonchev–Trinajstić information content (AvgIpc) is 3.28. The van der Waals surface area contributed by atoms with Gasteiger partial charge in [0.05, 0.1) is 18.6 Å². The van der Waals surface area contributed by atoms with Gasteiger partial charge in [0, 0.05) is 0 Å². The predicted molar refractivity (Wildman–Crippen MR) is 81.4 cm³/mol. The van der Waals surface area contributed by atoms with Crippen molar-refractivity contribution in [1.82, 2.24) is 0 Å². The van der Waals surface area contributed by atoms with E-state index in [9.17, 15) is 0 Å². The molecule has 108 valence electrons. The van der Waals surface area contributed by atoms with Gasteiger partial charge in [-0.1, -0.05) is 36.4 Å². The number of aromatic hydroxyl groups is 2. The smallest absolute Gasteiger partial charge is 0.118 e. The summed E-state index contributed by atoms with van der Waals surface area (Å²) in [5, 5.41) is 17.6. The van der Waals surface area contributed by atoms with Crippen molar-refractivity contribution in [3.05, 3.63) is 60.2 Å². The Morgan fingerprint density at radius 1 is 1.05 bits per heavy atom. The van der Waals surface area contributed by atoms with Gasteiger partial charge in [0.25, 0.3) is 0 Å². The minimum absolute atomic E-state index is 0.322. The van der Waals surface area contributed by atoms with Crippen LogP contribution in [0, 0.1) is 6.92 Å². The normalized spacial score (nSPS) is 15.2. The minimum atomic E-state index is 0.322. The van der Waals surface area contributed by atoms with Gasteiger partial charge in [-0.05, 0) is 30.7 Å². The van der Waals surface area contributed by atoms with Crippen LogP contribution in [0.5, 0.6) is 11.5 Å². The molecule has 2 aromatic carbocycles. The van der Waals surface area contributed by atoms with E-state index in [4.69, 9.17) is 26.6 Å². The molecule has 2 aromatic rings. The van der Waals surface area contributed by atoms with Gasteiger partial charge in [0.1, 0.15) is 11.5 Å². The first-order valence-corrected chi connectivity index (χ1v) is 6.83. The minimum Gasteiger partial charge on any atom is -0.508 e. The average molecular weight is 295 g/mol. The van der Waals surface area contributed by atoms with Gasteiger partial charge in [0.2, 0.25) is 0 Å². The summed E-state index contributed by atoms with van der Waals surface area (Å²) in [5.74, 6) is 1.36. The molecule has 0 radical (unpaired) electrons. The summed E-state index contributed by atoms with van der Waals surface area (Å²) < 4.78 is 4.73. The third-order valence-corrected chi connectivity index (χ3v) is 2.79. The number of hydrogen-bond donors (Lipinski definition) is 2. The van der Waals surface area contributed by atoms with Crippen LogP contribution in [0.3, 0.4) is 0 Å². The van der Waals surface area contributed by atoms with Crippen molar-refractivity contribution in [2.75, 3.05) is 12.5 Å². The molecule has 1 heterocycles. The molecule has 1 unspecified atom stereocenters. The van der Waals surface area contributed by atoms with Gasteiger partial charge < -0.3 is 14.9 Å². The Bertz CT molecular complexity index is 463. The number of phenolic OH excluding ortho intramolecular Hbond substituents is 2. The first-order chi connectivity index (χ1) is 9.63. The first kappa shape index (κ1) is 16.3. The molecule has 1 fully saturated rings. The van der Waals surface area contributed by atoms with Gasteiger partial charge in [-0.15, -0.1) is 11.6 Å². The van der Waals surface area contributed by atoms with Crippen LogP contribution in [0.2, 0.25) is 0 Å². The highest BCUT2D eigenvalue weighted by atomic mass is 35.5. The van der Waals surface area contributed by atoms with Gasteiger partial charge >= 0.3 is 0 Å². The van der Waals surface area contributed by atoms with E-state index in [0.29, 0.717) is 23.5 Å². The number of halogens is 1. The van der Waals surface area contributed by atoms with Crippen molar-refractivity contribution in [2.24, 2.45) is 0 Å². The highest BCUT2D eigenvalue weighted by Crippen LogP contribution is 2.12. The maximum absolute atomic E-state index is 8.92. The standard InChI is InChI=1S/C7H8O.C6H6O.C3H5ClO/c1-6-4-2-3-5-7(6)8;7-6-4-2-1-3-5-6;4-1-3-2-5-3/h2-5,8H,1H3;1-5,7H;3H,1-2H2. The number of alkyl halides is 1. The van der Waals surface area contributed by atoms with Crippen molar-refractivity contribution in [2.45, 2.75) is 13.0 Å². The molecule has 4 heteroatoms. The molecule has 1 aliphatic heterocycles. The van der Waals surface area contributed by atoms with Gasteiger partial charge in [-0.25, -0.2) is 0 Å². The second kappa shape index (κ2) is 9.23. The Labute approximate surface area is 124 Å². The largest absolute Gasteiger partial charge is 0.508 e. The van der Waals surface area contributed by atoms with Crippen LogP contribution >= 0.6 is 11.6 Å². The predicted octanol–water partition coefficient (Wildman–Crippen LogP) is 3.72. The SMILES string of the molecule is Cc1ccccc1O.ClCC1CO1.Oc1ccccc1. The number of hydrogen-bond acceptors (Lipinski definition) is 3. The second-order valence-electron chi connectivity index (χ2n) is 4.23. The summed E-state index contributed by atoms with van der Waals surface area (Å²) in [7, 11) is 0. The van der Waals surface area contributed by atoms with E-state index >= 15 is 0 Å². The monoisotopic (exact) mass is 294 g/mol. The van der Waals surface area contributed by atoms with Crippen molar-refractivity contribution in [3.63, 3.8) is 0 Å². The highest BCUT2D eigenvalue weighted by Gasteiger charge is 2.19. The molecule has 3 nitrogen and oxygen atoms in total. The number of epoxide rings is 1. The number of aryl methyl sites for hydroxylation is 1. The number of para-hydroxylation sites is 2. The zero-order valence-corrected chi connectivity index (χ0v) is 12.1. The first-order valence-electron chi connectivity index (χ1n) is 6.29. The van der Waals surface area contributed by atoms with E-state index in [-0.39, 0.29) is 0 Å². The summed E-state index contributed by atoms with van der Waals surface area (Å²) in [6, 6.07) is 16.0.